The van der Waals surface area contributed by atoms with Crippen LogP contribution in [-0.2, 0) is 5.41 Å². The van der Waals surface area contributed by atoms with Gasteiger partial charge in [-0.25, -0.2) is 4.79 Å². The van der Waals surface area contributed by atoms with Gasteiger partial charge in [0.1, 0.15) is 0 Å². The Morgan fingerprint density at radius 2 is 1.86 bits per heavy atom. The van der Waals surface area contributed by atoms with Crippen LogP contribution in [0.5, 0.6) is 0 Å². The Kier molecular flexibility index (Phi) is 4.48. The van der Waals surface area contributed by atoms with E-state index in [1.165, 1.54) is 0 Å². The van der Waals surface area contributed by atoms with Gasteiger partial charge in [-0.15, -0.1) is 0 Å². The van der Waals surface area contributed by atoms with Gasteiger partial charge in [0.25, 0.3) is 0 Å². The van der Waals surface area contributed by atoms with Crippen molar-refractivity contribution >= 4 is 29.0 Å². The van der Waals surface area contributed by atoms with Crippen LogP contribution in [-0.4, -0.2) is 11.0 Å². The van der Waals surface area contributed by atoms with E-state index in [-0.39, 0.29) is 11.4 Å². The van der Waals surface area contributed by atoms with E-state index in [0.717, 1.165) is 5.56 Å². The van der Waals surface area contributed by atoms with Crippen molar-refractivity contribution in [1.82, 2.24) is 4.98 Å². The molecule has 0 aliphatic rings. The summed E-state index contributed by atoms with van der Waals surface area (Å²) in [4.78, 5) is 15.8. The van der Waals surface area contributed by atoms with E-state index in [1.54, 1.807) is 30.6 Å². The number of carbonyl (C=O) groups excluding carboxylic acids is 1. The number of carbonyl (C=O) groups is 1. The first-order chi connectivity index (χ1) is 9.86. The lowest BCUT2D eigenvalue weighted by atomic mass is 9.87. The molecule has 1 aromatic heterocycles. The minimum Gasteiger partial charge on any atom is -0.308 e. The monoisotopic (exact) mass is 303 g/mol. The third-order valence-electron chi connectivity index (χ3n) is 2.95. The van der Waals surface area contributed by atoms with E-state index < -0.39 is 0 Å². The third-order valence-corrected chi connectivity index (χ3v) is 3.27. The summed E-state index contributed by atoms with van der Waals surface area (Å²) < 4.78 is 0. The number of nitrogens with zero attached hydrogens (tertiary/aromatic N) is 1. The molecule has 0 aliphatic carbocycles. The van der Waals surface area contributed by atoms with E-state index in [9.17, 15) is 4.79 Å². The molecular formula is C16H18ClN3O. The average molecular weight is 304 g/mol. The summed E-state index contributed by atoms with van der Waals surface area (Å²) in [7, 11) is 0. The van der Waals surface area contributed by atoms with Crippen LogP contribution in [0.3, 0.4) is 0 Å². The Morgan fingerprint density at radius 1 is 1.14 bits per heavy atom. The molecule has 0 saturated heterocycles. The smallest absolute Gasteiger partial charge is 0.308 e. The molecule has 2 amide bonds. The molecule has 0 unspecified atom stereocenters. The lowest BCUT2D eigenvalue weighted by Crippen LogP contribution is -2.19. The number of halogens is 1. The van der Waals surface area contributed by atoms with Gasteiger partial charge in [0, 0.05) is 16.9 Å². The number of amides is 2. The molecule has 2 rings (SSSR count). The molecule has 0 radical (unpaired) electrons. The minimum absolute atomic E-state index is 0.0341. The summed E-state index contributed by atoms with van der Waals surface area (Å²) in [5.41, 5.74) is 2.29. The van der Waals surface area contributed by atoms with Gasteiger partial charge in [-0.2, -0.15) is 0 Å². The fourth-order valence-corrected chi connectivity index (χ4v) is 2.40. The van der Waals surface area contributed by atoms with Crippen molar-refractivity contribution < 1.29 is 4.79 Å². The zero-order chi connectivity index (χ0) is 15.5. The van der Waals surface area contributed by atoms with Crippen molar-refractivity contribution in [3.8, 4) is 0 Å². The van der Waals surface area contributed by atoms with E-state index in [2.05, 4.69) is 36.4 Å². The van der Waals surface area contributed by atoms with Crippen LogP contribution in [0.1, 0.15) is 26.3 Å². The van der Waals surface area contributed by atoms with Crippen LogP contribution in [0.25, 0.3) is 0 Å². The van der Waals surface area contributed by atoms with E-state index in [0.29, 0.717) is 16.4 Å². The Hall–Kier alpha value is -2.07. The molecule has 4 nitrogen and oxygen atoms in total. The van der Waals surface area contributed by atoms with Crippen molar-refractivity contribution in [3.63, 3.8) is 0 Å². The molecule has 21 heavy (non-hydrogen) atoms. The second kappa shape index (κ2) is 6.14. The van der Waals surface area contributed by atoms with Crippen LogP contribution in [0.15, 0.2) is 42.7 Å². The maximum Gasteiger partial charge on any atom is 0.323 e. The Balaban J connectivity index is 2.07. The molecule has 1 heterocycles. The number of hydrogen-bond donors (Lipinski definition) is 2. The fraction of sp³-hybridized carbons (Fsp3) is 0.250. The predicted octanol–water partition coefficient (Wildman–Crippen LogP) is 4.68. The molecule has 0 spiro atoms. The first-order valence-corrected chi connectivity index (χ1v) is 7.02. The molecule has 110 valence electrons. The Morgan fingerprint density at radius 3 is 2.43 bits per heavy atom. The van der Waals surface area contributed by atoms with Crippen molar-refractivity contribution in [2.75, 3.05) is 10.6 Å². The standard InChI is InChI=1S/C16H18ClN3O/c1-16(2,3)13-7-6-11(9-14(13)17)19-15(21)20-12-5-4-8-18-10-12/h4-10H,1-3H3,(H2,19,20,21). The second-order valence-corrected chi connectivity index (χ2v) is 6.17. The van der Waals surface area contributed by atoms with Gasteiger partial charge < -0.3 is 10.6 Å². The summed E-state index contributed by atoms with van der Waals surface area (Å²) in [6.45, 7) is 6.28. The molecular weight excluding hydrogens is 286 g/mol. The summed E-state index contributed by atoms with van der Waals surface area (Å²) >= 11 is 6.28. The van der Waals surface area contributed by atoms with Gasteiger partial charge in [-0.1, -0.05) is 38.4 Å². The minimum atomic E-state index is -0.331. The van der Waals surface area contributed by atoms with Crippen molar-refractivity contribution in [2.45, 2.75) is 26.2 Å². The molecule has 2 N–H and O–H groups in total. The summed E-state index contributed by atoms with van der Waals surface area (Å²) in [6, 6.07) is 8.72. The highest BCUT2D eigenvalue weighted by Crippen LogP contribution is 2.31. The highest BCUT2D eigenvalue weighted by atomic mass is 35.5. The molecule has 0 bridgehead atoms. The molecule has 0 atom stereocenters. The third kappa shape index (κ3) is 4.20. The highest BCUT2D eigenvalue weighted by molar-refractivity contribution is 6.31. The first-order valence-electron chi connectivity index (χ1n) is 6.64. The Bertz CT molecular complexity index is 636. The van der Waals surface area contributed by atoms with Gasteiger partial charge >= 0.3 is 6.03 Å². The van der Waals surface area contributed by atoms with Crippen molar-refractivity contribution in [2.24, 2.45) is 0 Å². The summed E-state index contributed by atoms with van der Waals surface area (Å²) in [6.07, 6.45) is 3.23. The van der Waals surface area contributed by atoms with E-state index in [1.807, 2.05) is 12.1 Å². The van der Waals surface area contributed by atoms with Crippen LogP contribution >= 0.6 is 11.6 Å². The first kappa shape index (κ1) is 15.3. The van der Waals surface area contributed by atoms with Crippen LogP contribution < -0.4 is 10.6 Å². The maximum atomic E-state index is 11.9. The van der Waals surface area contributed by atoms with Crippen molar-refractivity contribution in [1.29, 1.82) is 0 Å². The lowest BCUT2D eigenvalue weighted by molar-refractivity contribution is 0.262. The van der Waals surface area contributed by atoms with Gasteiger partial charge in [-0.3, -0.25) is 4.98 Å². The molecule has 0 aliphatic heterocycles. The SMILES string of the molecule is CC(C)(C)c1ccc(NC(=O)Nc2cccnc2)cc1Cl. The number of urea groups is 1. The van der Waals surface area contributed by atoms with Crippen LogP contribution in [0.4, 0.5) is 16.2 Å². The molecule has 2 aromatic rings. The number of anilines is 2. The topological polar surface area (TPSA) is 54.0 Å². The predicted molar refractivity (Wildman–Crippen MR) is 87.0 cm³/mol. The van der Waals surface area contributed by atoms with E-state index in [4.69, 9.17) is 11.6 Å². The Labute approximate surface area is 129 Å². The number of aromatic nitrogens is 1. The van der Waals surface area contributed by atoms with Crippen LogP contribution in [0.2, 0.25) is 5.02 Å². The number of benzene rings is 1. The molecule has 5 heteroatoms. The lowest BCUT2D eigenvalue weighted by Gasteiger charge is -2.21. The zero-order valence-electron chi connectivity index (χ0n) is 12.3. The number of pyridine rings is 1. The van der Waals surface area contributed by atoms with Gasteiger partial charge in [0.05, 0.1) is 11.9 Å². The molecule has 0 saturated carbocycles. The largest absolute Gasteiger partial charge is 0.323 e. The summed E-state index contributed by atoms with van der Waals surface area (Å²) in [5, 5.41) is 6.09. The molecule has 1 aromatic carbocycles. The van der Waals surface area contributed by atoms with E-state index >= 15 is 0 Å². The highest BCUT2D eigenvalue weighted by Gasteiger charge is 2.17. The second-order valence-electron chi connectivity index (χ2n) is 5.77. The van der Waals surface area contributed by atoms with Gasteiger partial charge in [0.2, 0.25) is 0 Å². The fourth-order valence-electron chi connectivity index (χ4n) is 1.93. The number of nitrogens with one attached hydrogen (secondary N) is 2. The zero-order valence-corrected chi connectivity index (χ0v) is 13.0. The van der Waals surface area contributed by atoms with Crippen LogP contribution in [0, 0.1) is 0 Å². The van der Waals surface area contributed by atoms with Crippen molar-refractivity contribution in [3.05, 3.63) is 53.3 Å². The maximum absolute atomic E-state index is 11.9. The van der Waals surface area contributed by atoms with Gasteiger partial charge in [0.15, 0.2) is 0 Å². The molecule has 0 fully saturated rings. The average Bonchev–Trinajstić information content (AvgIpc) is 2.38. The number of rotatable bonds is 2. The van der Waals surface area contributed by atoms with Gasteiger partial charge in [-0.05, 0) is 35.2 Å². The normalized spacial score (nSPS) is 11.0. The quantitative estimate of drug-likeness (QED) is 0.846. The summed E-state index contributed by atoms with van der Waals surface area (Å²) in [5.74, 6) is 0. The number of hydrogen-bond acceptors (Lipinski definition) is 2.